The Hall–Kier alpha value is -1.91. The smallest absolute Gasteiger partial charge is 0.283 e. The van der Waals surface area contributed by atoms with E-state index < -0.39 is 4.92 Å². The Morgan fingerprint density at radius 3 is 2.71 bits per heavy atom. The summed E-state index contributed by atoms with van der Waals surface area (Å²) >= 11 is 6.56. The van der Waals surface area contributed by atoms with Crippen LogP contribution in [-0.4, -0.2) is 4.92 Å². The van der Waals surface area contributed by atoms with Crippen molar-refractivity contribution in [3.05, 3.63) is 66.6 Å². The molecule has 0 radical (unpaired) electrons. The molecule has 2 aromatic rings. The van der Waals surface area contributed by atoms with Gasteiger partial charge in [-0.15, -0.1) is 0 Å². The summed E-state index contributed by atoms with van der Waals surface area (Å²) in [6, 6.07) is 12.3. The number of nitro groups is 1. The lowest BCUT2D eigenvalue weighted by Crippen LogP contribution is -2.03. The highest BCUT2D eigenvalue weighted by atomic mass is 79.9. The minimum atomic E-state index is -0.437. The van der Waals surface area contributed by atoms with Gasteiger partial charge in [0.05, 0.1) is 16.2 Å². The second kappa shape index (κ2) is 6.70. The number of anilines is 1. The molecular weight excluding hydrogens is 402 g/mol. The van der Waals surface area contributed by atoms with Crippen LogP contribution in [0.25, 0.3) is 0 Å². The van der Waals surface area contributed by atoms with Gasteiger partial charge in [-0.1, -0.05) is 28.1 Å². The quantitative estimate of drug-likeness (QED) is 0.589. The van der Waals surface area contributed by atoms with E-state index in [4.69, 9.17) is 5.26 Å². The summed E-state index contributed by atoms with van der Waals surface area (Å²) in [7, 11) is 0. The van der Waals surface area contributed by atoms with Crippen LogP contribution >= 0.6 is 31.9 Å². The molecule has 0 fully saturated rings. The van der Waals surface area contributed by atoms with E-state index in [1.807, 2.05) is 6.07 Å². The monoisotopic (exact) mass is 409 g/mol. The summed E-state index contributed by atoms with van der Waals surface area (Å²) in [5, 5.41) is 23.1. The van der Waals surface area contributed by atoms with E-state index >= 15 is 0 Å². The van der Waals surface area contributed by atoms with Gasteiger partial charge in [0.25, 0.3) is 5.69 Å². The lowest BCUT2D eigenvalue weighted by atomic mass is 10.1. The molecule has 106 valence electrons. The Kier molecular flexibility index (Phi) is 4.94. The molecule has 0 amide bonds. The molecule has 0 unspecified atom stereocenters. The lowest BCUT2D eigenvalue weighted by Gasteiger charge is -2.10. The van der Waals surface area contributed by atoms with Crippen molar-refractivity contribution in [1.82, 2.24) is 0 Å². The zero-order valence-electron chi connectivity index (χ0n) is 10.6. The van der Waals surface area contributed by atoms with Crippen molar-refractivity contribution >= 4 is 43.2 Å². The number of nitrogens with one attached hydrogen (secondary N) is 1. The third-order valence-electron chi connectivity index (χ3n) is 2.83. The SMILES string of the molecule is N#Cc1cc(Br)ccc1NCc1cccc([N+](=O)[O-])c1Br. The third-order valence-corrected chi connectivity index (χ3v) is 4.24. The van der Waals surface area contributed by atoms with Gasteiger partial charge < -0.3 is 5.32 Å². The molecule has 0 bridgehead atoms. The number of rotatable bonds is 4. The van der Waals surface area contributed by atoms with Gasteiger partial charge in [-0.25, -0.2) is 0 Å². The zero-order chi connectivity index (χ0) is 15.4. The Balaban J connectivity index is 2.23. The van der Waals surface area contributed by atoms with Crippen LogP contribution in [0.1, 0.15) is 11.1 Å². The van der Waals surface area contributed by atoms with E-state index in [0.29, 0.717) is 22.3 Å². The van der Waals surface area contributed by atoms with Gasteiger partial charge in [0, 0.05) is 17.1 Å². The fraction of sp³-hybridized carbons (Fsp3) is 0.0714. The molecule has 0 aliphatic rings. The summed E-state index contributed by atoms with van der Waals surface area (Å²) < 4.78 is 1.26. The van der Waals surface area contributed by atoms with Crippen LogP contribution in [0.3, 0.4) is 0 Å². The number of nitrogens with zero attached hydrogens (tertiary/aromatic N) is 2. The highest BCUT2D eigenvalue weighted by molar-refractivity contribution is 9.10. The topological polar surface area (TPSA) is 79.0 Å². The van der Waals surface area contributed by atoms with Crippen LogP contribution in [0.5, 0.6) is 0 Å². The van der Waals surface area contributed by atoms with Gasteiger partial charge in [-0.3, -0.25) is 10.1 Å². The van der Waals surface area contributed by atoms with E-state index in [-0.39, 0.29) is 5.69 Å². The molecule has 7 heteroatoms. The minimum absolute atomic E-state index is 0.0191. The highest BCUT2D eigenvalue weighted by Gasteiger charge is 2.14. The molecule has 2 rings (SSSR count). The number of halogens is 2. The summed E-state index contributed by atoms with van der Waals surface area (Å²) in [4.78, 5) is 10.5. The molecule has 0 aliphatic heterocycles. The van der Waals surface area contributed by atoms with Gasteiger partial charge >= 0.3 is 0 Å². The van der Waals surface area contributed by atoms with Crippen LogP contribution in [0.2, 0.25) is 0 Å². The molecule has 0 aromatic heterocycles. The third kappa shape index (κ3) is 3.60. The van der Waals surface area contributed by atoms with Crippen molar-refractivity contribution in [3.8, 4) is 6.07 Å². The molecule has 0 saturated heterocycles. The van der Waals surface area contributed by atoms with Crippen molar-refractivity contribution in [2.45, 2.75) is 6.54 Å². The lowest BCUT2D eigenvalue weighted by molar-refractivity contribution is -0.385. The maximum Gasteiger partial charge on any atom is 0.283 e. The van der Waals surface area contributed by atoms with Gasteiger partial charge in [-0.05, 0) is 39.7 Å². The first kappa shape index (κ1) is 15.5. The minimum Gasteiger partial charge on any atom is -0.380 e. The largest absolute Gasteiger partial charge is 0.380 e. The first-order valence-electron chi connectivity index (χ1n) is 5.88. The zero-order valence-corrected chi connectivity index (χ0v) is 13.8. The Labute approximate surface area is 138 Å². The van der Waals surface area contributed by atoms with E-state index in [0.717, 1.165) is 10.0 Å². The molecule has 2 aromatic carbocycles. The molecule has 1 N–H and O–H groups in total. The van der Waals surface area contributed by atoms with Crippen molar-refractivity contribution in [2.24, 2.45) is 0 Å². The Morgan fingerprint density at radius 2 is 2.05 bits per heavy atom. The fourth-order valence-corrected chi connectivity index (χ4v) is 2.71. The molecular formula is C14H9Br2N3O2. The predicted octanol–water partition coefficient (Wildman–Crippen LogP) is 4.60. The Bertz CT molecular complexity index is 741. The van der Waals surface area contributed by atoms with Crippen molar-refractivity contribution < 1.29 is 4.92 Å². The van der Waals surface area contributed by atoms with E-state index in [2.05, 4.69) is 43.2 Å². The van der Waals surface area contributed by atoms with Crippen LogP contribution in [0, 0.1) is 21.4 Å². The van der Waals surface area contributed by atoms with Gasteiger partial charge in [-0.2, -0.15) is 5.26 Å². The molecule has 0 saturated carbocycles. The predicted molar refractivity (Wildman–Crippen MR) is 87.0 cm³/mol. The fourth-order valence-electron chi connectivity index (χ4n) is 1.80. The molecule has 21 heavy (non-hydrogen) atoms. The van der Waals surface area contributed by atoms with Crippen LogP contribution in [-0.2, 0) is 6.54 Å². The van der Waals surface area contributed by atoms with E-state index in [9.17, 15) is 10.1 Å². The molecule has 0 atom stereocenters. The van der Waals surface area contributed by atoms with E-state index in [1.165, 1.54) is 6.07 Å². The molecule has 0 spiro atoms. The number of nitro benzene ring substituents is 1. The molecule has 0 aliphatic carbocycles. The summed E-state index contributed by atoms with van der Waals surface area (Å²) in [6.45, 7) is 0.374. The normalized spacial score (nSPS) is 9.95. The van der Waals surface area contributed by atoms with Gasteiger partial charge in [0.15, 0.2) is 0 Å². The number of hydrogen-bond donors (Lipinski definition) is 1. The van der Waals surface area contributed by atoms with Gasteiger partial charge in [0.2, 0.25) is 0 Å². The van der Waals surface area contributed by atoms with Crippen molar-refractivity contribution in [2.75, 3.05) is 5.32 Å². The van der Waals surface area contributed by atoms with Crippen LogP contribution in [0.15, 0.2) is 45.3 Å². The first-order chi connectivity index (χ1) is 10.0. The average molecular weight is 411 g/mol. The highest BCUT2D eigenvalue weighted by Crippen LogP contribution is 2.29. The Morgan fingerprint density at radius 1 is 1.29 bits per heavy atom. The maximum atomic E-state index is 10.9. The first-order valence-corrected chi connectivity index (χ1v) is 7.47. The van der Waals surface area contributed by atoms with Crippen LogP contribution < -0.4 is 5.32 Å². The number of benzene rings is 2. The van der Waals surface area contributed by atoms with Crippen molar-refractivity contribution in [1.29, 1.82) is 5.26 Å². The maximum absolute atomic E-state index is 10.9. The number of hydrogen-bond acceptors (Lipinski definition) is 4. The second-order valence-electron chi connectivity index (χ2n) is 4.16. The van der Waals surface area contributed by atoms with E-state index in [1.54, 1.807) is 24.3 Å². The average Bonchev–Trinajstić information content (AvgIpc) is 2.46. The van der Waals surface area contributed by atoms with Gasteiger partial charge in [0.1, 0.15) is 10.5 Å². The summed E-state index contributed by atoms with van der Waals surface area (Å²) in [5.41, 5.74) is 1.95. The van der Waals surface area contributed by atoms with Crippen LogP contribution in [0.4, 0.5) is 11.4 Å². The standard InChI is InChI=1S/C14H9Br2N3O2/c15-11-4-5-12(10(6-11)7-17)18-8-9-2-1-3-13(14(9)16)19(20)21/h1-6,18H,8H2. The van der Waals surface area contributed by atoms with Crippen molar-refractivity contribution in [3.63, 3.8) is 0 Å². The second-order valence-corrected chi connectivity index (χ2v) is 5.87. The molecule has 5 nitrogen and oxygen atoms in total. The summed E-state index contributed by atoms with van der Waals surface area (Å²) in [5.74, 6) is 0. The number of nitriles is 1. The summed E-state index contributed by atoms with van der Waals surface area (Å²) in [6.07, 6.45) is 0. The molecule has 0 heterocycles.